The maximum Gasteiger partial charge on any atom is 0.253 e. The highest BCUT2D eigenvalue weighted by atomic mass is 16.5. The Balaban J connectivity index is 1.52. The highest BCUT2D eigenvalue weighted by Crippen LogP contribution is 2.47. The second-order valence-electron chi connectivity index (χ2n) is 6.19. The summed E-state index contributed by atoms with van der Waals surface area (Å²) in [6, 6.07) is 7.50. The third-order valence-corrected chi connectivity index (χ3v) is 4.50. The monoisotopic (exact) mass is 298 g/mol. The summed E-state index contributed by atoms with van der Waals surface area (Å²) >= 11 is 0. The summed E-state index contributed by atoms with van der Waals surface area (Å²) < 4.78 is 5.64. The van der Waals surface area contributed by atoms with Crippen LogP contribution in [0.4, 0.5) is 0 Å². The number of carbonyl (C=O) groups excluding carboxylic acids is 1. The Labute approximate surface area is 128 Å². The van der Waals surface area contributed by atoms with Gasteiger partial charge in [0.15, 0.2) is 5.82 Å². The van der Waals surface area contributed by atoms with Crippen LogP contribution in [0.25, 0.3) is 11.4 Å². The number of hydrogen-bond donors (Lipinski definition) is 1. The summed E-state index contributed by atoms with van der Waals surface area (Å²) in [7, 11) is 0. The predicted molar refractivity (Wildman–Crippen MR) is 80.2 cm³/mol. The van der Waals surface area contributed by atoms with Crippen LogP contribution in [0.3, 0.4) is 0 Å². The fourth-order valence-electron chi connectivity index (χ4n) is 2.94. The van der Waals surface area contributed by atoms with Crippen LogP contribution in [0.2, 0.25) is 0 Å². The maximum atomic E-state index is 12.7. The smallest absolute Gasteiger partial charge is 0.253 e. The van der Waals surface area contributed by atoms with E-state index in [2.05, 4.69) is 15.2 Å². The normalized spacial score (nSPS) is 19.9. The van der Waals surface area contributed by atoms with Crippen molar-refractivity contribution in [3.05, 3.63) is 36.2 Å². The largest absolute Gasteiger partial charge is 0.379 e. The molecule has 1 aliphatic carbocycles. The van der Waals surface area contributed by atoms with Gasteiger partial charge in [-0.3, -0.25) is 9.89 Å². The number of aromatic nitrogens is 3. The molecule has 1 aliphatic heterocycles. The van der Waals surface area contributed by atoms with Crippen LogP contribution in [0.1, 0.15) is 23.2 Å². The molecule has 4 rings (SSSR count). The lowest BCUT2D eigenvalue weighted by atomic mass is 10.1. The highest BCUT2D eigenvalue weighted by molar-refractivity contribution is 5.94. The zero-order chi connectivity index (χ0) is 15.0. The van der Waals surface area contributed by atoms with Gasteiger partial charge in [-0.15, -0.1) is 0 Å². The standard InChI is InChI=1S/C16H18N4O2/c21-15(20-7-8-22-10-16(9-20)5-6-16)13-3-1-12(2-4-13)14-17-11-18-19-14/h1-4,11H,5-10H2,(H,17,18,19). The molecule has 0 unspecified atom stereocenters. The van der Waals surface area contributed by atoms with E-state index in [1.165, 1.54) is 19.2 Å². The Bertz CT molecular complexity index is 662. The first-order valence-electron chi connectivity index (χ1n) is 7.59. The minimum atomic E-state index is 0.0842. The number of hydrogen-bond acceptors (Lipinski definition) is 4. The first-order chi connectivity index (χ1) is 10.8. The summed E-state index contributed by atoms with van der Waals surface area (Å²) in [5.74, 6) is 0.792. The number of nitrogens with zero attached hydrogens (tertiary/aromatic N) is 3. The Morgan fingerprint density at radius 1 is 1.27 bits per heavy atom. The van der Waals surface area contributed by atoms with Crippen LogP contribution in [0.5, 0.6) is 0 Å². The van der Waals surface area contributed by atoms with Crippen molar-refractivity contribution in [2.24, 2.45) is 5.41 Å². The van der Waals surface area contributed by atoms with E-state index in [1.54, 1.807) is 0 Å². The molecule has 114 valence electrons. The average molecular weight is 298 g/mol. The summed E-state index contributed by atoms with van der Waals surface area (Å²) in [5.41, 5.74) is 1.86. The molecule has 1 aromatic heterocycles. The Morgan fingerprint density at radius 3 is 2.77 bits per heavy atom. The molecule has 6 nitrogen and oxygen atoms in total. The number of rotatable bonds is 2. The van der Waals surface area contributed by atoms with Gasteiger partial charge in [-0.1, -0.05) is 12.1 Å². The number of carbonyl (C=O) groups is 1. The molecule has 22 heavy (non-hydrogen) atoms. The molecule has 1 saturated heterocycles. The second-order valence-corrected chi connectivity index (χ2v) is 6.19. The summed E-state index contributed by atoms with van der Waals surface area (Å²) in [4.78, 5) is 18.7. The molecule has 2 heterocycles. The molecule has 1 spiro atoms. The lowest BCUT2D eigenvalue weighted by molar-refractivity contribution is 0.0735. The van der Waals surface area contributed by atoms with E-state index in [0.717, 1.165) is 18.7 Å². The van der Waals surface area contributed by atoms with Crippen LogP contribution in [-0.2, 0) is 4.74 Å². The average Bonchev–Trinajstić information content (AvgIpc) is 3.17. The fourth-order valence-corrected chi connectivity index (χ4v) is 2.94. The summed E-state index contributed by atoms with van der Waals surface area (Å²) in [6.45, 7) is 2.91. The Morgan fingerprint density at radius 2 is 2.09 bits per heavy atom. The molecule has 0 bridgehead atoms. The van der Waals surface area contributed by atoms with Gasteiger partial charge in [-0.05, 0) is 25.0 Å². The van der Waals surface area contributed by atoms with Crippen molar-refractivity contribution in [1.82, 2.24) is 20.1 Å². The molecular weight excluding hydrogens is 280 g/mol. The second kappa shape index (κ2) is 5.21. The molecule has 1 saturated carbocycles. The van der Waals surface area contributed by atoms with Crippen molar-refractivity contribution in [2.75, 3.05) is 26.3 Å². The van der Waals surface area contributed by atoms with Crippen molar-refractivity contribution >= 4 is 5.91 Å². The number of aromatic amines is 1. The number of nitrogens with one attached hydrogen (secondary N) is 1. The predicted octanol–water partition coefficient (Wildman–Crippen LogP) is 1.72. The summed E-state index contributed by atoms with van der Waals surface area (Å²) in [5, 5.41) is 6.66. The van der Waals surface area contributed by atoms with Crippen molar-refractivity contribution < 1.29 is 9.53 Å². The zero-order valence-corrected chi connectivity index (χ0v) is 12.3. The van der Waals surface area contributed by atoms with Crippen LogP contribution in [0, 0.1) is 5.41 Å². The topological polar surface area (TPSA) is 71.1 Å². The Hall–Kier alpha value is -2.21. The van der Waals surface area contributed by atoms with Crippen molar-refractivity contribution in [3.63, 3.8) is 0 Å². The fraction of sp³-hybridized carbons (Fsp3) is 0.438. The third-order valence-electron chi connectivity index (χ3n) is 4.50. The SMILES string of the molecule is O=C(c1ccc(-c2ncn[nH]2)cc1)N1CCOCC2(CC2)C1. The number of H-pyrrole nitrogens is 1. The molecule has 0 atom stereocenters. The zero-order valence-electron chi connectivity index (χ0n) is 12.3. The van der Waals surface area contributed by atoms with Gasteiger partial charge in [0.05, 0.1) is 13.2 Å². The van der Waals surface area contributed by atoms with Gasteiger partial charge in [-0.25, -0.2) is 4.98 Å². The molecule has 2 aromatic rings. The maximum absolute atomic E-state index is 12.7. The molecule has 6 heteroatoms. The van der Waals surface area contributed by atoms with E-state index in [4.69, 9.17) is 4.74 Å². The molecule has 2 fully saturated rings. The molecule has 0 radical (unpaired) electrons. The van der Waals surface area contributed by atoms with Gasteiger partial charge in [0.1, 0.15) is 6.33 Å². The minimum Gasteiger partial charge on any atom is -0.379 e. The molecule has 1 aromatic carbocycles. The number of benzene rings is 1. The quantitative estimate of drug-likeness (QED) is 0.916. The van der Waals surface area contributed by atoms with Crippen molar-refractivity contribution in [3.8, 4) is 11.4 Å². The lowest BCUT2D eigenvalue weighted by Gasteiger charge is -2.23. The summed E-state index contributed by atoms with van der Waals surface area (Å²) in [6.07, 6.45) is 3.81. The first kappa shape index (κ1) is 13.5. The minimum absolute atomic E-state index is 0.0842. The van der Waals surface area contributed by atoms with Gasteiger partial charge in [-0.2, -0.15) is 5.10 Å². The third kappa shape index (κ3) is 2.50. The van der Waals surface area contributed by atoms with E-state index in [9.17, 15) is 4.79 Å². The van der Waals surface area contributed by atoms with Gasteiger partial charge >= 0.3 is 0 Å². The van der Waals surface area contributed by atoms with Gasteiger partial charge in [0.25, 0.3) is 5.91 Å². The van der Waals surface area contributed by atoms with Gasteiger partial charge in [0, 0.05) is 29.6 Å². The van der Waals surface area contributed by atoms with E-state index in [0.29, 0.717) is 24.5 Å². The number of amides is 1. The number of ether oxygens (including phenoxy) is 1. The molecule has 2 aliphatic rings. The molecular formula is C16H18N4O2. The highest BCUT2D eigenvalue weighted by Gasteiger charge is 2.46. The van der Waals surface area contributed by atoms with Crippen LogP contribution < -0.4 is 0 Å². The lowest BCUT2D eigenvalue weighted by Crippen LogP contribution is -2.36. The van der Waals surface area contributed by atoms with E-state index in [-0.39, 0.29) is 11.3 Å². The van der Waals surface area contributed by atoms with Gasteiger partial charge < -0.3 is 9.64 Å². The van der Waals surface area contributed by atoms with Crippen molar-refractivity contribution in [1.29, 1.82) is 0 Å². The van der Waals surface area contributed by atoms with Gasteiger partial charge in [0.2, 0.25) is 0 Å². The van der Waals surface area contributed by atoms with E-state index < -0.39 is 0 Å². The van der Waals surface area contributed by atoms with Crippen LogP contribution in [0.15, 0.2) is 30.6 Å². The van der Waals surface area contributed by atoms with E-state index >= 15 is 0 Å². The van der Waals surface area contributed by atoms with Crippen LogP contribution >= 0.6 is 0 Å². The molecule has 1 N–H and O–H groups in total. The van der Waals surface area contributed by atoms with Crippen molar-refractivity contribution in [2.45, 2.75) is 12.8 Å². The first-order valence-corrected chi connectivity index (χ1v) is 7.59. The molecule has 1 amide bonds. The Kier molecular flexibility index (Phi) is 3.18. The van der Waals surface area contributed by atoms with E-state index in [1.807, 2.05) is 29.2 Å². The van der Waals surface area contributed by atoms with Crippen LogP contribution in [-0.4, -0.2) is 52.3 Å².